The first-order chi connectivity index (χ1) is 11.5. The molecule has 1 aliphatic rings. The van der Waals surface area contributed by atoms with E-state index in [9.17, 15) is 14.7 Å². The highest BCUT2D eigenvalue weighted by molar-refractivity contribution is 5.86. The van der Waals surface area contributed by atoms with Crippen LogP contribution in [0.4, 0.5) is 0 Å². The first-order valence-corrected chi connectivity index (χ1v) is 8.29. The topological polar surface area (TPSA) is 76.1 Å². The fourth-order valence-corrected chi connectivity index (χ4v) is 2.65. The second-order valence-corrected chi connectivity index (χ2v) is 6.08. The molecule has 0 spiro atoms. The second-order valence-electron chi connectivity index (χ2n) is 6.08. The number of hydrogen-bond acceptors (Lipinski definition) is 4. The minimum atomic E-state index is -1.04. The van der Waals surface area contributed by atoms with Gasteiger partial charge < -0.3 is 19.5 Å². The van der Waals surface area contributed by atoms with E-state index in [0.29, 0.717) is 6.61 Å². The zero-order valence-electron chi connectivity index (χ0n) is 14.2. The largest absolute Gasteiger partial charge is 0.480 e. The van der Waals surface area contributed by atoms with Crippen LogP contribution in [0.2, 0.25) is 0 Å². The van der Waals surface area contributed by atoms with E-state index in [-0.39, 0.29) is 18.6 Å². The van der Waals surface area contributed by atoms with Crippen molar-refractivity contribution in [2.24, 2.45) is 0 Å². The molecule has 3 atom stereocenters. The van der Waals surface area contributed by atoms with Crippen molar-refractivity contribution in [3.05, 3.63) is 35.9 Å². The summed E-state index contributed by atoms with van der Waals surface area (Å²) in [7, 11) is 0. The van der Waals surface area contributed by atoms with Crippen molar-refractivity contribution >= 4 is 11.9 Å². The Hall–Kier alpha value is -1.92. The Morgan fingerprint density at radius 2 is 2.04 bits per heavy atom. The number of amides is 1. The second kappa shape index (κ2) is 8.80. The van der Waals surface area contributed by atoms with E-state index >= 15 is 0 Å². The molecular formula is C18H25NO5. The van der Waals surface area contributed by atoms with E-state index in [4.69, 9.17) is 9.47 Å². The molecule has 0 bridgehead atoms. The van der Waals surface area contributed by atoms with Gasteiger partial charge in [-0.2, -0.15) is 0 Å². The van der Waals surface area contributed by atoms with Crippen LogP contribution in [0.15, 0.2) is 30.3 Å². The fourth-order valence-electron chi connectivity index (χ4n) is 2.65. The Morgan fingerprint density at radius 3 is 2.62 bits per heavy atom. The number of carboxylic acid groups (broad SMARTS) is 1. The van der Waals surface area contributed by atoms with Crippen LogP contribution in [0.3, 0.4) is 0 Å². The van der Waals surface area contributed by atoms with Crippen molar-refractivity contribution in [2.45, 2.75) is 51.5 Å². The third-order valence-corrected chi connectivity index (χ3v) is 4.21. The third kappa shape index (κ3) is 5.04. The molecule has 0 aromatic heterocycles. The van der Waals surface area contributed by atoms with Gasteiger partial charge in [-0.25, -0.2) is 4.79 Å². The molecule has 1 aromatic rings. The zero-order chi connectivity index (χ0) is 17.5. The van der Waals surface area contributed by atoms with Gasteiger partial charge in [-0.05, 0) is 32.3 Å². The molecule has 132 valence electrons. The van der Waals surface area contributed by atoms with Crippen LogP contribution in [0.1, 0.15) is 32.3 Å². The average molecular weight is 335 g/mol. The normalized spacial score (nSPS) is 19.7. The van der Waals surface area contributed by atoms with Gasteiger partial charge in [0.2, 0.25) is 0 Å². The van der Waals surface area contributed by atoms with Crippen LogP contribution in [0, 0.1) is 0 Å². The maximum absolute atomic E-state index is 12.7. The Bertz CT molecular complexity index is 542. The van der Waals surface area contributed by atoms with E-state index in [1.807, 2.05) is 30.3 Å². The molecule has 1 amide bonds. The minimum Gasteiger partial charge on any atom is -0.480 e. The Kier molecular flexibility index (Phi) is 6.75. The summed E-state index contributed by atoms with van der Waals surface area (Å²) < 4.78 is 11.1. The smallest absolute Gasteiger partial charge is 0.326 e. The van der Waals surface area contributed by atoms with Gasteiger partial charge in [-0.15, -0.1) is 0 Å². The molecule has 0 aliphatic carbocycles. The minimum absolute atomic E-state index is 0.0275. The highest BCUT2D eigenvalue weighted by Gasteiger charge is 2.30. The van der Waals surface area contributed by atoms with Gasteiger partial charge in [-0.1, -0.05) is 30.3 Å². The molecule has 2 rings (SSSR count). The Balaban J connectivity index is 2.01. The summed E-state index contributed by atoms with van der Waals surface area (Å²) in [4.78, 5) is 25.4. The Labute approximate surface area is 142 Å². The first-order valence-electron chi connectivity index (χ1n) is 8.29. The lowest BCUT2D eigenvalue weighted by molar-refractivity contribution is -0.156. The quantitative estimate of drug-likeness (QED) is 0.787. The van der Waals surface area contributed by atoms with Gasteiger partial charge in [0, 0.05) is 13.2 Å². The van der Waals surface area contributed by atoms with E-state index in [1.54, 1.807) is 6.92 Å². The number of nitrogens with zero attached hydrogens (tertiary/aromatic N) is 1. The molecule has 1 fully saturated rings. The van der Waals surface area contributed by atoms with Crippen LogP contribution < -0.4 is 0 Å². The van der Waals surface area contributed by atoms with Crippen LogP contribution >= 0.6 is 0 Å². The molecule has 1 aliphatic heterocycles. The molecule has 24 heavy (non-hydrogen) atoms. The van der Waals surface area contributed by atoms with Gasteiger partial charge in [0.1, 0.15) is 12.1 Å². The molecule has 6 heteroatoms. The van der Waals surface area contributed by atoms with Crippen molar-refractivity contribution < 1.29 is 24.2 Å². The maximum Gasteiger partial charge on any atom is 0.326 e. The summed E-state index contributed by atoms with van der Waals surface area (Å²) in [5.74, 6) is -1.36. The van der Waals surface area contributed by atoms with E-state index in [2.05, 4.69) is 0 Å². The molecule has 1 N–H and O–H groups in total. The van der Waals surface area contributed by atoms with Crippen molar-refractivity contribution in [2.75, 3.05) is 13.2 Å². The highest BCUT2D eigenvalue weighted by Crippen LogP contribution is 2.15. The molecule has 0 radical (unpaired) electrons. The number of rotatable bonds is 8. The molecule has 1 heterocycles. The number of hydrogen-bond donors (Lipinski definition) is 1. The lowest BCUT2D eigenvalue weighted by Gasteiger charge is -2.29. The summed E-state index contributed by atoms with van der Waals surface area (Å²) >= 11 is 0. The Morgan fingerprint density at radius 1 is 1.33 bits per heavy atom. The van der Waals surface area contributed by atoms with Crippen LogP contribution in [0.5, 0.6) is 0 Å². The SMILES string of the molecule is CC(OCC1CCCO1)C(=O)N(Cc1ccccc1)C(C)C(=O)O. The highest BCUT2D eigenvalue weighted by atomic mass is 16.5. The number of ether oxygens (including phenoxy) is 2. The summed E-state index contributed by atoms with van der Waals surface area (Å²) in [6.45, 7) is 4.49. The van der Waals surface area contributed by atoms with Crippen molar-refractivity contribution in [3.63, 3.8) is 0 Å². The average Bonchev–Trinajstić information content (AvgIpc) is 3.10. The molecule has 0 saturated carbocycles. The summed E-state index contributed by atoms with van der Waals surface area (Å²) in [6.07, 6.45) is 1.26. The number of benzene rings is 1. The van der Waals surface area contributed by atoms with Crippen LogP contribution in [0.25, 0.3) is 0 Å². The monoisotopic (exact) mass is 335 g/mol. The molecule has 6 nitrogen and oxygen atoms in total. The lowest BCUT2D eigenvalue weighted by atomic mass is 10.1. The summed E-state index contributed by atoms with van der Waals surface area (Å²) in [6, 6.07) is 8.41. The van der Waals surface area contributed by atoms with Crippen molar-refractivity contribution in [1.29, 1.82) is 0 Å². The van der Waals surface area contributed by atoms with Gasteiger partial charge in [-0.3, -0.25) is 4.79 Å². The van der Waals surface area contributed by atoms with Crippen LogP contribution in [-0.4, -0.2) is 53.3 Å². The lowest BCUT2D eigenvalue weighted by Crippen LogP contribution is -2.47. The van der Waals surface area contributed by atoms with Gasteiger partial charge in [0.05, 0.1) is 12.7 Å². The van der Waals surface area contributed by atoms with Crippen LogP contribution in [-0.2, 0) is 25.6 Å². The summed E-state index contributed by atoms with van der Waals surface area (Å²) in [5.41, 5.74) is 0.880. The van der Waals surface area contributed by atoms with Gasteiger partial charge >= 0.3 is 5.97 Å². The predicted octanol–water partition coefficient (Wildman–Crippen LogP) is 2.07. The van der Waals surface area contributed by atoms with E-state index in [1.165, 1.54) is 11.8 Å². The van der Waals surface area contributed by atoms with Crippen molar-refractivity contribution in [3.8, 4) is 0 Å². The maximum atomic E-state index is 12.7. The number of aliphatic carboxylic acids is 1. The zero-order valence-corrected chi connectivity index (χ0v) is 14.2. The predicted molar refractivity (Wildman–Crippen MR) is 88.5 cm³/mol. The van der Waals surface area contributed by atoms with Crippen molar-refractivity contribution in [1.82, 2.24) is 4.90 Å². The molecule has 3 unspecified atom stereocenters. The van der Waals surface area contributed by atoms with E-state index in [0.717, 1.165) is 25.0 Å². The summed E-state index contributed by atoms with van der Waals surface area (Å²) in [5, 5.41) is 9.31. The van der Waals surface area contributed by atoms with E-state index < -0.39 is 18.1 Å². The molecule has 1 aromatic carbocycles. The standard InChI is InChI=1S/C18H25NO5/c1-13(18(21)22)19(11-15-7-4-3-5-8-15)17(20)14(2)24-12-16-9-6-10-23-16/h3-5,7-8,13-14,16H,6,9-12H2,1-2H3,(H,21,22). The number of carbonyl (C=O) groups is 2. The number of carboxylic acids is 1. The van der Waals surface area contributed by atoms with Gasteiger partial charge in [0.15, 0.2) is 0 Å². The molecular weight excluding hydrogens is 310 g/mol. The first kappa shape index (κ1) is 18.4. The number of carbonyl (C=O) groups excluding carboxylic acids is 1. The van der Waals surface area contributed by atoms with Gasteiger partial charge in [0.25, 0.3) is 5.91 Å². The molecule has 1 saturated heterocycles. The fraction of sp³-hybridized carbons (Fsp3) is 0.556. The third-order valence-electron chi connectivity index (χ3n) is 4.21.